The monoisotopic (exact) mass is 421 g/mol. The first kappa shape index (κ1) is 19.4. The molecule has 0 bridgehead atoms. The van der Waals surface area contributed by atoms with Crippen LogP contribution in [-0.4, -0.2) is 51.2 Å². The third kappa shape index (κ3) is 3.57. The Kier molecular flexibility index (Phi) is 5.46. The zero-order valence-corrected chi connectivity index (χ0v) is 17.5. The number of hydrogen-bond donors (Lipinski definition) is 0. The van der Waals surface area contributed by atoms with Crippen LogP contribution < -0.4 is 0 Å². The molecule has 0 amide bonds. The lowest BCUT2D eigenvalue weighted by molar-refractivity contribution is 0.170. The first-order valence-corrected chi connectivity index (χ1v) is 11.4. The summed E-state index contributed by atoms with van der Waals surface area (Å²) in [6.45, 7) is 4.37. The lowest BCUT2D eigenvalue weighted by Gasteiger charge is -2.31. The van der Waals surface area contributed by atoms with E-state index in [0.717, 1.165) is 42.6 Å². The Bertz CT molecular complexity index is 1070. The number of nitrogens with zero attached hydrogens (tertiary/aromatic N) is 5. The van der Waals surface area contributed by atoms with E-state index in [9.17, 15) is 8.42 Å². The molecule has 0 aliphatic carbocycles. The highest BCUT2D eigenvalue weighted by atomic mass is 32.2. The number of aromatic nitrogens is 4. The van der Waals surface area contributed by atoms with E-state index >= 15 is 0 Å². The van der Waals surface area contributed by atoms with Gasteiger partial charge in [-0.3, -0.25) is 0 Å². The van der Waals surface area contributed by atoms with Gasteiger partial charge in [0.05, 0.1) is 11.7 Å². The molecule has 8 nitrogen and oxygen atoms in total. The van der Waals surface area contributed by atoms with Crippen LogP contribution in [0.15, 0.2) is 29.3 Å². The molecule has 0 spiro atoms. The smallest absolute Gasteiger partial charge is 0.245 e. The minimum atomic E-state index is -3.57. The number of imidazole rings is 1. The van der Waals surface area contributed by atoms with Crippen LogP contribution in [0.5, 0.6) is 0 Å². The maximum atomic E-state index is 13.1. The fraction of sp³-hybridized carbons (Fsp3) is 0.500. The van der Waals surface area contributed by atoms with E-state index in [4.69, 9.17) is 4.74 Å². The fourth-order valence-electron chi connectivity index (χ4n) is 3.72. The standard InChI is InChI=1S/C18H23N5O3S2/c1-13-10-19-17(12-26-2)23(13)11-14-6-8-22(9-7-14)28(24,25)16-5-3-4-15-18(16)21-27-20-15/h3-5,10,14H,6-9,11-12H2,1-2H3. The topological polar surface area (TPSA) is 90.2 Å². The molecule has 1 aliphatic heterocycles. The number of aryl methyl sites for hydroxylation is 1. The van der Waals surface area contributed by atoms with Crippen LogP contribution in [0.3, 0.4) is 0 Å². The molecule has 10 heteroatoms. The molecule has 0 atom stereocenters. The lowest BCUT2D eigenvalue weighted by Crippen LogP contribution is -2.39. The number of hydrogen-bond acceptors (Lipinski definition) is 7. The molecule has 1 aliphatic rings. The van der Waals surface area contributed by atoms with Crippen molar-refractivity contribution in [3.63, 3.8) is 0 Å². The van der Waals surface area contributed by atoms with E-state index in [1.54, 1.807) is 29.6 Å². The van der Waals surface area contributed by atoms with Crippen LogP contribution >= 0.6 is 11.7 Å². The SMILES string of the molecule is COCc1ncc(C)n1CC1CCN(S(=O)(=O)c2cccc3nsnc23)CC1. The normalized spacial score (nSPS) is 16.8. The number of ether oxygens (including phenoxy) is 1. The number of benzene rings is 1. The summed E-state index contributed by atoms with van der Waals surface area (Å²) in [6, 6.07) is 5.13. The summed E-state index contributed by atoms with van der Waals surface area (Å²) >= 11 is 1.04. The number of fused-ring (bicyclic) bond motifs is 1. The van der Waals surface area contributed by atoms with Crippen LogP contribution in [-0.2, 0) is 27.9 Å². The van der Waals surface area contributed by atoms with Crippen molar-refractivity contribution in [3.8, 4) is 0 Å². The van der Waals surface area contributed by atoms with Crippen molar-refractivity contribution in [1.82, 2.24) is 22.6 Å². The second-order valence-electron chi connectivity index (χ2n) is 7.09. The number of rotatable bonds is 6. The first-order chi connectivity index (χ1) is 13.5. The molecular weight excluding hydrogens is 398 g/mol. The third-order valence-electron chi connectivity index (χ3n) is 5.29. The van der Waals surface area contributed by atoms with Crippen molar-refractivity contribution in [2.75, 3.05) is 20.2 Å². The van der Waals surface area contributed by atoms with Crippen LogP contribution in [0.25, 0.3) is 11.0 Å². The molecule has 3 heterocycles. The molecule has 1 fully saturated rings. The van der Waals surface area contributed by atoms with Gasteiger partial charge in [0, 0.05) is 38.6 Å². The molecular formula is C18H23N5O3S2. The number of methoxy groups -OCH3 is 1. The van der Waals surface area contributed by atoms with Crippen molar-refractivity contribution in [3.05, 3.63) is 35.9 Å². The predicted molar refractivity (Wildman–Crippen MR) is 107 cm³/mol. The Labute approximate surface area is 168 Å². The van der Waals surface area contributed by atoms with Gasteiger partial charge in [-0.25, -0.2) is 13.4 Å². The Morgan fingerprint density at radius 2 is 2.04 bits per heavy atom. The highest BCUT2D eigenvalue weighted by Gasteiger charge is 2.31. The van der Waals surface area contributed by atoms with Gasteiger partial charge >= 0.3 is 0 Å². The van der Waals surface area contributed by atoms with Crippen LogP contribution in [0, 0.1) is 12.8 Å². The van der Waals surface area contributed by atoms with Gasteiger partial charge in [0.25, 0.3) is 0 Å². The average molecular weight is 422 g/mol. The molecule has 2 aromatic heterocycles. The van der Waals surface area contributed by atoms with Crippen LogP contribution in [0.2, 0.25) is 0 Å². The zero-order valence-electron chi connectivity index (χ0n) is 15.9. The van der Waals surface area contributed by atoms with Crippen LogP contribution in [0.1, 0.15) is 24.4 Å². The fourth-order valence-corrected chi connectivity index (χ4v) is 5.95. The molecule has 28 heavy (non-hydrogen) atoms. The molecule has 0 unspecified atom stereocenters. The third-order valence-corrected chi connectivity index (χ3v) is 7.77. The maximum absolute atomic E-state index is 13.1. The summed E-state index contributed by atoms with van der Waals surface area (Å²) < 4.78 is 43.6. The van der Waals surface area contributed by atoms with E-state index in [2.05, 4.69) is 18.3 Å². The van der Waals surface area contributed by atoms with E-state index in [1.165, 1.54) is 0 Å². The summed E-state index contributed by atoms with van der Waals surface area (Å²) in [7, 11) is -1.91. The van der Waals surface area contributed by atoms with Gasteiger partial charge < -0.3 is 9.30 Å². The highest BCUT2D eigenvalue weighted by molar-refractivity contribution is 7.89. The average Bonchev–Trinajstić information content (AvgIpc) is 3.30. The summed E-state index contributed by atoms with van der Waals surface area (Å²) in [5.74, 6) is 1.32. The number of piperidine rings is 1. The molecule has 0 saturated carbocycles. The predicted octanol–water partition coefficient (Wildman–Crippen LogP) is 2.44. The quantitative estimate of drug-likeness (QED) is 0.607. The zero-order chi connectivity index (χ0) is 19.7. The molecule has 4 rings (SSSR count). The van der Waals surface area contributed by atoms with Crippen LogP contribution in [0.4, 0.5) is 0 Å². The van der Waals surface area contributed by atoms with Crippen molar-refractivity contribution in [1.29, 1.82) is 0 Å². The summed E-state index contributed by atoms with van der Waals surface area (Å²) in [6.07, 6.45) is 3.49. The Morgan fingerprint density at radius 1 is 1.25 bits per heavy atom. The van der Waals surface area contributed by atoms with E-state index < -0.39 is 10.0 Å². The molecule has 1 aromatic carbocycles. The summed E-state index contributed by atoms with van der Waals surface area (Å²) in [5.41, 5.74) is 2.19. The van der Waals surface area contributed by atoms with Gasteiger partial charge in [-0.1, -0.05) is 6.07 Å². The van der Waals surface area contributed by atoms with E-state index in [1.807, 2.05) is 13.1 Å². The van der Waals surface area contributed by atoms with Gasteiger partial charge in [-0.05, 0) is 37.8 Å². The Balaban J connectivity index is 1.47. The minimum absolute atomic E-state index is 0.255. The lowest BCUT2D eigenvalue weighted by atomic mass is 9.98. The van der Waals surface area contributed by atoms with E-state index in [-0.39, 0.29) is 4.90 Å². The van der Waals surface area contributed by atoms with Crippen molar-refractivity contribution in [2.24, 2.45) is 5.92 Å². The second kappa shape index (κ2) is 7.86. The Morgan fingerprint density at radius 3 is 2.79 bits per heavy atom. The van der Waals surface area contributed by atoms with Gasteiger partial charge in [0.1, 0.15) is 28.4 Å². The van der Waals surface area contributed by atoms with Crippen molar-refractivity contribution in [2.45, 2.75) is 37.8 Å². The van der Waals surface area contributed by atoms with Gasteiger partial charge in [0.2, 0.25) is 10.0 Å². The molecule has 3 aromatic rings. The van der Waals surface area contributed by atoms with Crippen molar-refractivity contribution < 1.29 is 13.2 Å². The largest absolute Gasteiger partial charge is 0.377 e. The number of sulfonamides is 1. The minimum Gasteiger partial charge on any atom is -0.377 e. The van der Waals surface area contributed by atoms with Gasteiger partial charge in [0.15, 0.2) is 0 Å². The highest BCUT2D eigenvalue weighted by Crippen LogP contribution is 2.29. The van der Waals surface area contributed by atoms with Crippen molar-refractivity contribution >= 4 is 32.8 Å². The summed E-state index contributed by atoms with van der Waals surface area (Å²) in [5, 5.41) is 0. The first-order valence-electron chi connectivity index (χ1n) is 9.22. The Hall–Kier alpha value is -1.88. The van der Waals surface area contributed by atoms with Gasteiger partial charge in [-0.15, -0.1) is 0 Å². The maximum Gasteiger partial charge on any atom is 0.245 e. The molecule has 0 N–H and O–H groups in total. The molecule has 150 valence electrons. The second-order valence-corrected chi connectivity index (χ2v) is 9.53. The van der Waals surface area contributed by atoms with Gasteiger partial charge in [-0.2, -0.15) is 13.1 Å². The van der Waals surface area contributed by atoms with E-state index in [0.29, 0.717) is 36.6 Å². The summed E-state index contributed by atoms with van der Waals surface area (Å²) in [4.78, 5) is 4.66. The molecule has 1 saturated heterocycles. The molecule has 0 radical (unpaired) electrons.